The number of fused-ring (bicyclic) bond motifs is 1. The van der Waals surface area contributed by atoms with Crippen molar-refractivity contribution in [2.75, 3.05) is 12.3 Å². The van der Waals surface area contributed by atoms with Crippen molar-refractivity contribution in [2.45, 2.75) is 32.2 Å². The molecule has 0 radical (unpaired) electrons. The number of nitrogens with zero attached hydrogens (tertiary/aromatic N) is 1. The largest absolute Gasteiger partial charge is 0.361 e. The minimum atomic E-state index is -3.08. The summed E-state index contributed by atoms with van der Waals surface area (Å²) in [7, 11) is -3.08. The predicted octanol–water partition coefficient (Wildman–Crippen LogP) is 2.52. The lowest BCUT2D eigenvalue weighted by Crippen LogP contribution is -2.37. The van der Waals surface area contributed by atoms with Gasteiger partial charge in [-0.25, -0.2) is 8.42 Å². The summed E-state index contributed by atoms with van der Waals surface area (Å²) in [6.45, 7) is 2.39. The molecule has 2 heterocycles. The van der Waals surface area contributed by atoms with Gasteiger partial charge in [-0.05, 0) is 37.8 Å². The van der Waals surface area contributed by atoms with Crippen molar-refractivity contribution in [2.24, 2.45) is 0 Å². The third-order valence-corrected chi connectivity index (χ3v) is 6.10. The van der Waals surface area contributed by atoms with E-state index in [0.717, 1.165) is 24.8 Å². The quantitative estimate of drug-likeness (QED) is 0.941. The third kappa shape index (κ3) is 2.36. The lowest BCUT2D eigenvalue weighted by molar-refractivity contribution is 0.387. The van der Waals surface area contributed by atoms with E-state index in [1.165, 1.54) is 10.9 Å². The second kappa shape index (κ2) is 5.22. The molecule has 1 atom stereocenters. The number of hydrogen-bond acceptors (Lipinski definition) is 2. The highest BCUT2D eigenvalue weighted by Gasteiger charge is 2.33. The van der Waals surface area contributed by atoms with Gasteiger partial charge in [-0.2, -0.15) is 4.31 Å². The maximum atomic E-state index is 12.1. The smallest absolute Gasteiger partial charge is 0.214 e. The van der Waals surface area contributed by atoms with Crippen molar-refractivity contribution in [1.29, 1.82) is 0 Å². The molecule has 5 heteroatoms. The van der Waals surface area contributed by atoms with E-state index in [1.54, 1.807) is 11.2 Å². The Morgan fingerprint density at radius 2 is 2.15 bits per heavy atom. The van der Waals surface area contributed by atoms with Crippen molar-refractivity contribution >= 4 is 20.9 Å². The van der Waals surface area contributed by atoms with Gasteiger partial charge < -0.3 is 4.98 Å². The van der Waals surface area contributed by atoms with Crippen LogP contribution in [0.15, 0.2) is 30.5 Å². The molecule has 1 aliphatic heterocycles. The van der Waals surface area contributed by atoms with Gasteiger partial charge in [-0.3, -0.25) is 0 Å². The summed E-state index contributed by atoms with van der Waals surface area (Å²) < 4.78 is 25.9. The first kappa shape index (κ1) is 13.6. The van der Waals surface area contributed by atoms with Gasteiger partial charge >= 0.3 is 0 Å². The number of H-pyrrole nitrogens is 1. The number of aromatic amines is 1. The van der Waals surface area contributed by atoms with Crippen LogP contribution in [0.25, 0.3) is 10.9 Å². The Hall–Kier alpha value is -1.33. The van der Waals surface area contributed by atoms with E-state index in [4.69, 9.17) is 0 Å². The molecule has 3 rings (SSSR count). The van der Waals surface area contributed by atoms with Gasteiger partial charge in [0.05, 0.1) is 5.75 Å². The van der Waals surface area contributed by atoms with Crippen LogP contribution in [-0.2, 0) is 16.4 Å². The topological polar surface area (TPSA) is 53.2 Å². The average molecular weight is 292 g/mol. The number of aromatic nitrogens is 1. The zero-order chi connectivity index (χ0) is 14.2. The molecule has 0 saturated carbocycles. The van der Waals surface area contributed by atoms with Gasteiger partial charge in [0.25, 0.3) is 0 Å². The van der Waals surface area contributed by atoms with Crippen LogP contribution in [-0.4, -0.2) is 36.0 Å². The summed E-state index contributed by atoms with van der Waals surface area (Å²) in [5.41, 5.74) is 2.33. The molecule has 2 aromatic rings. The molecule has 1 aliphatic rings. The molecular formula is C15H20N2O2S. The fourth-order valence-electron chi connectivity index (χ4n) is 3.10. The summed E-state index contributed by atoms with van der Waals surface area (Å²) in [5, 5.41) is 1.20. The molecule has 0 bridgehead atoms. The fraction of sp³-hybridized carbons (Fsp3) is 0.467. The molecule has 0 amide bonds. The van der Waals surface area contributed by atoms with Crippen molar-refractivity contribution in [3.05, 3.63) is 36.0 Å². The van der Waals surface area contributed by atoms with Crippen LogP contribution >= 0.6 is 0 Å². The van der Waals surface area contributed by atoms with Gasteiger partial charge in [0.15, 0.2) is 0 Å². The molecule has 1 aromatic heterocycles. The van der Waals surface area contributed by atoms with Crippen molar-refractivity contribution in [3.8, 4) is 0 Å². The highest BCUT2D eigenvalue weighted by atomic mass is 32.2. The van der Waals surface area contributed by atoms with Crippen LogP contribution in [0.5, 0.6) is 0 Å². The van der Waals surface area contributed by atoms with Gasteiger partial charge in [0.1, 0.15) is 0 Å². The van der Waals surface area contributed by atoms with E-state index < -0.39 is 10.0 Å². The molecule has 0 spiro atoms. The molecule has 108 valence electrons. The van der Waals surface area contributed by atoms with E-state index in [-0.39, 0.29) is 11.8 Å². The van der Waals surface area contributed by atoms with Crippen LogP contribution in [0.3, 0.4) is 0 Å². The van der Waals surface area contributed by atoms with Crippen LogP contribution < -0.4 is 0 Å². The van der Waals surface area contributed by atoms with E-state index in [9.17, 15) is 8.42 Å². The number of nitrogens with one attached hydrogen (secondary N) is 1. The summed E-state index contributed by atoms with van der Waals surface area (Å²) in [6.07, 6.45) is 4.73. The first-order chi connectivity index (χ1) is 9.62. The number of hydrogen-bond donors (Lipinski definition) is 1. The van der Waals surface area contributed by atoms with Crippen LogP contribution in [0.1, 0.15) is 25.3 Å². The van der Waals surface area contributed by atoms with Gasteiger partial charge in [0, 0.05) is 29.7 Å². The van der Waals surface area contributed by atoms with Crippen LogP contribution in [0, 0.1) is 0 Å². The maximum absolute atomic E-state index is 12.1. The summed E-state index contributed by atoms with van der Waals surface area (Å²) in [4.78, 5) is 3.26. The highest BCUT2D eigenvalue weighted by molar-refractivity contribution is 7.89. The highest BCUT2D eigenvalue weighted by Crippen LogP contribution is 2.27. The fourth-order valence-corrected chi connectivity index (χ4v) is 4.47. The molecule has 1 aromatic carbocycles. The van der Waals surface area contributed by atoms with E-state index in [2.05, 4.69) is 11.1 Å². The number of rotatable bonds is 4. The Labute approximate surface area is 119 Å². The first-order valence-electron chi connectivity index (χ1n) is 7.16. The summed E-state index contributed by atoms with van der Waals surface area (Å²) >= 11 is 0. The van der Waals surface area contributed by atoms with Gasteiger partial charge in [-0.15, -0.1) is 0 Å². The predicted molar refractivity (Wildman–Crippen MR) is 81.2 cm³/mol. The molecule has 1 N–H and O–H groups in total. The Kier molecular flexibility index (Phi) is 3.56. The summed E-state index contributed by atoms with van der Waals surface area (Å²) in [6, 6.07) is 8.28. The minimum Gasteiger partial charge on any atom is -0.361 e. The molecule has 1 saturated heterocycles. The van der Waals surface area contributed by atoms with E-state index in [0.29, 0.717) is 6.54 Å². The first-order valence-corrected chi connectivity index (χ1v) is 8.77. The summed E-state index contributed by atoms with van der Waals surface area (Å²) in [5.74, 6) is 0.192. The number of sulfonamides is 1. The number of para-hydroxylation sites is 1. The maximum Gasteiger partial charge on any atom is 0.214 e. The molecule has 20 heavy (non-hydrogen) atoms. The second-order valence-corrected chi connectivity index (χ2v) is 7.58. The Morgan fingerprint density at radius 1 is 1.35 bits per heavy atom. The van der Waals surface area contributed by atoms with Crippen molar-refractivity contribution in [1.82, 2.24) is 9.29 Å². The molecule has 4 nitrogen and oxygen atoms in total. The van der Waals surface area contributed by atoms with Crippen LogP contribution in [0.4, 0.5) is 0 Å². The van der Waals surface area contributed by atoms with Gasteiger partial charge in [0.2, 0.25) is 10.0 Å². The van der Waals surface area contributed by atoms with Gasteiger partial charge in [-0.1, -0.05) is 18.2 Å². The lowest BCUT2D eigenvalue weighted by Gasteiger charge is -2.23. The van der Waals surface area contributed by atoms with Crippen LogP contribution in [0.2, 0.25) is 0 Å². The standard InChI is InChI=1S/C15H20N2O2S/c1-2-20(18,19)17-9-5-6-13(17)10-12-11-16-15-8-4-3-7-14(12)15/h3-4,7-8,11,13,16H,2,5-6,9-10H2,1H3. The second-order valence-electron chi connectivity index (χ2n) is 5.37. The third-order valence-electron chi connectivity index (χ3n) is 4.18. The SMILES string of the molecule is CCS(=O)(=O)N1CCCC1Cc1c[nH]c2ccccc12. The Bertz CT molecular complexity index is 705. The zero-order valence-electron chi connectivity index (χ0n) is 11.7. The number of benzene rings is 1. The lowest BCUT2D eigenvalue weighted by atomic mass is 10.0. The minimum absolute atomic E-state index is 0.110. The molecule has 1 unspecified atom stereocenters. The molecular weight excluding hydrogens is 272 g/mol. The van der Waals surface area contributed by atoms with Crippen molar-refractivity contribution in [3.63, 3.8) is 0 Å². The monoisotopic (exact) mass is 292 g/mol. The molecule has 1 fully saturated rings. The van der Waals surface area contributed by atoms with E-state index >= 15 is 0 Å². The Balaban J connectivity index is 1.87. The molecule has 0 aliphatic carbocycles. The Morgan fingerprint density at radius 3 is 2.95 bits per heavy atom. The van der Waals surface area contributed by atoms with E-state index in [1.807, 2.05) is 24.4 Å². The van der Waals surface area contributed by atoms with Crippen molar-refractivity contribution < 1.29 is 8.42 Å². The zero-order valence-corrected chi connectivity index (χ0v) is 12.5. The average Bonchev–Trinajstić information content (AvgIpc) is 3.07. The normalized spacial score (nSPS) is 20.8.